The van der Waals surface area contributed by atoms with Gasteiger partial charge in [0, 0.05) is 40.8 Å². The number of aromatic amines is 1. The summed E-state index contributed by atoms with van der Waals surface area (Å²) in [5, 5.41) is 0.995. The number of nitrogens with zero attached hydrogens (tertiary/aromatic N) is 1. The number of benzene rings is 2. The third-order valence-corrected chi connectivity index (χ3v) is 4.83. The lowest BCUT2D eigenvalue weighted by Gasteiger charge is -2.18. The van der Waals surface area contributed by atoms with Gasteiger partial charge in [0.1, 0.15) is 11.5 Å². The normalized spacial score (nSPS) is 11.1. The molecule has 5 heteroatoms. The molecule has 1 aromatic heterocycles. The number of para-hydroxylation sites is 1. The maximum Gasteiger partial charge on any atom is 0.178 e. The molecule has 0 saturated heterocycles. The molecule has 1 heterocycles. The van der Waals surface area contributed by atoms with Crippen LogP contribution >= 0.6 is 0 Å². The fourth-order valence-corrected chi connectivity index (χ4v) is 3.40. The number of hydrogen-bond donors (Lipinski definition) is 1. The monoisotopic (exact) mass is 366 g/mol. The van der Waals surface area contributed by atoms with Crippen LogP contribution in [0.5, 0.6) is 11.5 Å². The number of hydrogen-bond acceptors (Lipinski definition) is 4. The van der Waals surface area contributed by atoms with Crippen LogP contribution in [0.3, 0.4) is 0 Å². The van der Waals surface area contributed by atoms with Crippen molar-refractivity contribution >= 4 is 16.7 Å². The maximum atomic E-state index is 12.9. The van der Waals surface area contributed by atoms with E-state index in [0.717, 1.165) is 39.9 Å². The van der Waals surface area contributed by atoms with Gasteiger partial charge in [-0.3, -0.25) is 9.69 Å². The Kier molecular flexibility index (Phi) is 5.81. The number of methoxy groups -OCH3 is 2. The highest BCUT2D eigenvalue weighted by Gasteiger charge is 2.16. The van der Waals surface area contributed by atoms with Crippen molar-refractivity contribution in [2.24, 2.45) is 0 Å². The lowest BCUT2D eigenvalue weighted by atomic mass is 10.0. The SMILES string of the molecule is CCc1cccc2c(C(=O)CN(C)Cc3ccc(OC)cc3OC)c[nH]c12. The zero-order valence-corrected chi connectivity index (χ0v) is 16.3. The van der Waals surface area contributed by atoms with Crippen molar-refractivity contribution in [2.75, 3.05) is 27.8 Å². The molecule has 0 radical (unpaired) electrons. The highest BCUT2D eigenvalue weighted by Crippen LogP contribution is 2.26. The van der Waals surface area contributed by atoms with Crippen molar-refractivity contribution in [2.45, 2.75) is 19.9 Å². The van der Waals surface area contributed by atoms with E-state index in [1.807, 2.05) is 48.5 Å². The first-order valence-corrected chi connectivity index (χ1v) is 9.09. The number of carbonyl (C=O) groups excluding carboxylic acids is 1. The predicted octanol–water partition coefficient (Wildman–Crippen LogP) is 4.06. The van der Waals surface area contributed by atoms with E-state index in [2.05, 4.69) is 18.0 Å². The summed E-state index contributed by atoms with van der Waals surface area (Å²) in [6.07, 6.45) is 2.76. The summed E-state index contributed by atoms with van der Waals surface area (Å²) in [5.74, 6) is 1.61. The van der Waals surface area contributed by atoms with E-state index in [4.69, 9.17) is 9.47 Å². The smallest absolute Gasteiger partial charge is 0.178 e. The Morgan fingerprint density at radius 3 is 2.63 bits per heavy atom. The van der Waals surface area contributed by atoms with Crippen molar-refractivity contribution in [1.82, 2.24) is 9.88 Å². The maximum absolute atomic E-state index is 12.9. The van der Waals surface area contributed by atoms with Crippen LogP contribution in [0, 0.1) is 0 Å². The second-order valence-electron chi connectivity index (χ2n) is 6.67. The number of nitrogens with one attached hydrogen (secondary N) is 1. The van der Waals surface area contributed by atoms with E-state index in [1.165, 1.54) is 5.56 Å². The van der Waals surface area contributed by atoms with Gasteiger partial charge in [-0.25, -0.2) is 0 Å². The molecule has 0 aliphatic heterocycles. The Hall–Kier alpha value is -2.79. The van der Waals surface area contributed by atoms with Crippen LogP contribution in [-0.2, 0) is 13.0 Å². The zero-order valence-electron chi connectivity index (χ0n) is 16.3. The highest BCUT2D eigenvalue weighted by atomic mass is 16.5. The fraction of sp³-hybridized carbons (Fsp3) is 0.318. The number of likely N-dealkylation sites (N-methyl/N-ethyl adjacent to an activating group) is 1. The van der Waals surface area contributed by atoms with Crippen LogP contribution in [-0.4, -0.2) is 43.5 Å². The van der Waals surface area contributed by atoms with Gasteiger partial charge in [0.2, 0.25) is 0 Å². The number of rotatable bonds is 8. The third-order valence-electron chi connectivity index (χ3n) is 4.83. The zero-order chi connectivity index (χ0) is 19.4. The minimum absolute atomic E-state index is 0.101. The molecule has 0 amide bonds. The van der Waals surface area contributed by atoms with Crippen molar-refractivity contribution in [3.8, 4) is 11.5 Å². The highest BCUT2D eigenvalue weighted by molar-refractivity contribution is 6.09. The molecule has 142 valence electrons. The summed E-state index contributed by atoms with van der Waals surface area (Å²) in [4.78, 5) is 18.1. The summed E-state index contributed by atoms with van der Waals surface area (Å²) >= 11 is 0. The number of Topliss-reactive ketones (excluding diaryl/α,β-unsaturated/α-hetero) is 1. The minimum atomic E-state index is 0.101. The standard InChI is InChI=1S/C22H26N2O3/c1-5-15-7-6-8-18-19(12-23-22(15)18)20(25)14-24(2)13-16-9-10-17(26-3)11-21(16)27-4/h6-12,23H,5,13-14H2,1-4H3. The topological polar surface area (TPSA) is 54.6 Å². The van der Waals surface area contributed by atoms with Gasteiger partial charge >= 0.3 is 0 Å². The number of ketones is 1. The number of carbonyl (C=O) groups is 1. The number of aryl methyl sites for hydroxylation is 1. The minimum Gasteiger partial charge on any atom is -0.497 e. The molecular formula is C22H26N2O3. The second-order valence-corrected chi connectivity index (χ2v) is 6.67. The van der Waals surface area contributed by atoms with Crippen LogP contribution in [0.1, 0.15) is 28.4 Å². The summed E-state index contributed by atoms with van der Waals surface area (Å²) in [7, 11) is 5.21. The largest absolute Gasteiger partial charge is 0.497 e. The molecule has 0 unspecified atom stereocenters. The van der Waals surface area contributed by atoms with Crippen LogP contribution in [0.25, 0.3) is 10.9 Å². The quantitative estimate of drug-likeness (QED) is 0.611. The average Bonchev–Trinajstić information content (AvgIpc) is 3.12. The molecule has 3 rings (SSSR count). The van der Waals surface area contributed by atoms with E-state index in [1.54, 1.807) is 14.2 Å². The Labute approximate surface area is 159 Å². The summed E-state index contributed by atoms with van der Waals surface area (Å²) in [6.45, 7) is 3.06. The Morgan fingerprint density at radius 1 is 1.11 bits per heavy atom. The van der Waals surface area contributed by atoms with Crippen LogP contribution in [0.15, 0.2) is 42.6 Å². The third kappa shape index (κ3) is 3.98. The van der Waals surface area contributed by atoms with E-state index in [0.29, 0.717) is 13.1 Å². The van der Waals surface area contributed by atoms with Crippen LogP contribution < -0.4 is 9.47 Å². The van der Waals surface area contributed by atoms with Gasteiger partial charge in [0.05, 0.1) is 20.8 Å². The van der Waals surface area contributed by atoms with E-state index >= 15 is 0 Å². The number of fused-ring (bicyclic) bond motifs is 1. The molecule has 27 heavy (non-hydrogen) atoms. The second kappa shape index (κ2) is 8.27. The van der Waals surface area contributed by atoms with E-state index in [9.17, 15) is 4.79 Å². The van der Waals surface area contributed by atoms with Gasteiger partial charge in [-0.05, 0) is 25.1 Å². The molecule has 5 nitrogen and oxygen atoms in total. The summed E-state index contributed by atoms with van der Waals surface area (Å²) in [5.41, 5.74) is 4.04. The number of aromatic nitrogens is 1. The van der Waals surface area contributed by atoms with Crippen molar-refractivity contribution < 1.29 is 14.3 Å². The van der Waals surface area contributed by atoms with Gasteiger partial charge in [-0.1, -0.05) is 31.2 Å². The van der Waals surface area contributed by atoms with Gasteiger partial charge in [-0.15, -0.1) is 0 Å². The van der Waals surface area contributed by atoms with Gasteiger partial charge in [-0.2, -0.15) is 0 Å². The van der Waals surface area contributed by atoms with Gasteiger partial charge in [0.15, 0.2) is 5.78 Å². The van der Waals surface area contributed by atoms with Crippen molar-refractivity contribution in [1.29, 1.82) is 0 Å². The summed E-state index contributed by atoms with van der Waals surface area (Å²) < 4.78 is 10.7. The molecular weight excluding hydrogens is 340 g/mol. The van der Waals surface area contributed by atoms with Crippen molar-refractivity contribution in [3.63, 3.8) is 0 Å². The Balaban J connectivity index is 1.75. The molecule has 0 atom stereocenters. The molecule has 0 aliphatic carbocycles. The number of ether oxygens (including phenoxy) is 2. The molecule has 0 fully saturated rings. The molecule has 3 aromatic rings. The molecule has 0 aliphatic rings. The first kappa shape index (κ1) is 19.0. The average molecular weight is 366 g/mol. The molecule has 2 aromatic carbocycles. The molecule has 0 spiro atoms. The Morgan fingerprint density at radius 2 is 1.93 bits per heavy atom. The summed E-state index contributed by atoms with van der Waals surface area (Å²) in [6, 6.07) is 11.8. The van der Waals surface area contributed by atoms with Crippen molar-refractivity contribution in [3.05, 3.63) is 59.3 Å². The first-order chi connectivity index (χ1) is 13.1. The molecule has 0 bridgehead atoms. The fourth-order valence-electron chi connectivity index (χ4n) is 3.40. The predicted molar refractivity (Wildman–Crippen MR) is 108 cm³/mol. The lowest BCUT2D eigenvalue weighted by molar-refractivity contribution is 0.0944. The molecule has 1 N–H and O–H groups in total. The number of H-pyrrole nitrogens is 1. The van der Waals surface area contributed by atoms with Crippen LogP contribution in [0.4, 0.5) is 0 Å². The van der Waals surface area contributed by atoms with Crippen LogP contribution in [0.2, 0.25) is 0 Å². The van der Waals surface area contributed by atoms with E-state index < -0.39 is 0 Å². The van der Waals surface area contributed by atoms with Gasteiger partial charge in [0.25, 0.3) is 0 Å². The van der Waals surface area contributed by atoms with E-state index in [-0.39, 0.29) is 5.78 Å². The van der Waals surface area contributed by atoms with Gasteiger partial charge < -0.3 is 14.5 Å². The molecule has 0 saturated carbocycles. The lowest BCUT2D eigenvalue weighted by Crippen LogP contribution is -2.25. The first-order valence-electron chi connectivity index (χ1n) is 9.09. The Bertz CT molecular complexity index is 946.